The van der Waals surface area contributed by atoms with Crippen molar-refractivity contribution in [3.8, 4) is 0 Å². The molecule has 4 rings (SSSR count). The van der Waals surface area contributed by atoms with E-state index >= 15 is 0 Å². The van der Waals surface area contributed by atoms with Crippen LogP contribution in [-0.2, 0) is 14.3 Å². The van der Waals surface area contributed by atoms with E-state index in [1.165, 1.54) is 0 Å². The van der Waals surface area contributed by atoms with E-state index in [9.17, 15) is 9.59 Å². The number of nitrogens with one attached hydrogen (secondary N) is 1. The maximum Gasteiger partial charge on any atom is 0.229 e. The molecule has 2 aromatic rings. The van der Waals surface area contributed by atoms with Gasteiger partial charge >= 0.3 is 0 Å². The molecule has 1 N–H and O–H groups in total. The number of anilines is 1. The van der Waals surface area contributed by atoms with Gasteiger partial charge in [-0.3, -0.25) is 19.6 Å². The molecule has 2 saturated heterocycles. The standard InChI is InChI=1S/C16H17BrN4O3/c17-11-1-2-12-13(8-11)18-19-15(12)21-9-10(7-14(21)22)16(23)20-3-5-24-6-4-20/h1-2,8,10H,3-7,9H2,(H,18,19)/t10-/m0/s1. The first-order valence-electron chi connectivity index (χ1n) is 7.94. The SMILES string of the molecule is O=C([C@H]1CC(=O)N(c2n[nH]c3cc(Br)ccc23)C1)N1CCOCC1. The average Bonchev–Trinajstić information content (AvgIpc) is 3.17. The summed E-state index contributed by atoms with van der Waals surface area (Å²) in [6.07, 6.45) is 0.237. The number of aromatic nitrogens is 2. The molecule has 0 unspecified atom stereocenters. The molecular formula is C16H17BrN4O3. The lowest BCUT2D eigenvalue weighted by Gasteiger charge is -2.28. The van der Waals surface area contributed by atoms with Gasteiger partial charge in [0.2, 0.25) is 11.8 Å². The van der Waals surface area contributed by atoms with Gasteiger partial charge in [0, 0.05) is 35.9 Å². The van der Waals surface area contributed by atoms with Crippen LogP contribution in [0, 0.1) is 5.92 Å². The first-order chi connectivity index (χ1) is 11.6. The monoisotopic (exact) mass is 392 g/mol. The largest absolute Gasteiger partial charge is 0.378 e. The zero-order valence-electron chi connectivity index (χ0n) is 13.0. The lowest BCUT2D eigenvalue weighted by Crippen LogP contribution is -2.44. The average molecular weight is 393 g/mol. The summed E-state index contributed by atoms with van der Waals surface area (Å²) in [5.74, 6) is 0.271. The number of halogens is 1. The Balaban J connectivity index is 1.56. The summed E-state index contributed by atoms with van der Waals surface area (Å²) >= 11 is 3.42. The van der Waals surface area contributed by atoms with Crippen LogP contribution < -0.4 is 4.90 Å². The summed E-state index contributed by atoms with van der Waals surface area (Å²) < 4.78 is 6.23. The Morgan fingerprint density at radius 1 is 1.33 bits per heavy atom. The summed E-state index contributed by atoms with van der Waals surface area (Å²) in [7, 11) is 0. The molecule has 0 spiro atoms. The van der Waals surface area contributed by atoms with Gasteiger partial charge in [-0.15, -0.1) is 0 Å². The molecule has 126 valence electrons. The molecule has 2 fully saturated rings. The number of morpholine rings is 1. The van der Waals surface area contributed by atoms with E-state index in [1.807, 2.05) is 18.2 Å². The number of rotatable bonds is 2. The number of benzene rings is 1. The number of carbonyl (C=O) groups excluding carboxylic acids is 2. The zero-order chi connectivity index (χ0) is 16.7. The fourth-order valence-electron chi connectivity index (χ4n) is 3.30. The Morgan fingerprint density at radius 3 is 2.92 bits per heavy atom. The fourth-order valence-corrected chi connectivity index (χ4v) is 3.66. The molecule has 8 heteroatoms. The Hall–Kier alpha value is -1.93. The van der Waals surface area contributed by atoms with Crippen LogP contribution in [0.3, 0.4) is 0 Å². The van der Waals surface area contributed by atoms with E-state index in [1.54, 1.807) is 9.80 Å². The molecule has 2 amide bonds. The van der Waals surface area contributed by atoms with Crippen molar-refractivity contribution in [3.05, 3.63) is 22.7 Å². The van der Waals surface area contributed by atoms with Gasteiger partial charge in [0.05, 0.1) is 24.6 Å². The van der Waals surface area contributed by atoms with Crippen molar-refractivity contribution >= 4 is 44.5 Å². The summed E-state index contributed by atoms with van der Waals surface area (Å²) in [6.45, 7) is 2.71. The maximum atomic E-state index is 12.6. The zero-order valence-corrected chi connectivity index (χ0v) is 14.6. The predicted octanol–water partition coefficient (Wildman–Crippen LogP) is 1.54. The van der Waals surface area contributed by atoms with Crippen molar-refractivity contribution in [1.29, 1.82) is 0 Å². The van der Waals surface area contributed by atoms with Gasteiger partial charge in [0.25, 0.3) is 0 Å². The van der Waals surface area contributed by atoms with Crippen LogP contribution in [0.2, 0.25) is 0 Å². The van der Waals surface area contributed by atoms with Crippen LogP contribution in [0.1, 0.15) is 6.42 Å². The highest BCUT2D eigenvalue weighted by molar-refractivity contribution is 9.10. The first-order valence-corrected chi connectivity index (χ1v) is 8.73. The molecule has 0 aliphatic carbocycles. The Bertz CT molecular complexity index is 800. The minimum atomic E-state index is -0.308. The quantitative estimate of drug-likeness (QED) is 0.840. The van der Waals surface area contributed by atoms with Gasteiger partial charge in [0.15, 0.2) is 5.82 Å². The maximum absolute atomic E-state index is 12.6. The number of amides is 2. The second-order valence-electron chi connectivity index (χ2n) is 6.08. The number of hydrogen-bond acceptors (Lipinski definition) is 4. The number of carbonyl (C=O) groups is 2. The Labute approximate surface area is 147 Å². The molecule has 0 bridgehead atoms. The van der Waals surface area contributed by atoms with Gasteiger partial charge in [-0.05, 0) is 18.2 Å². The van der Waals surface area contributed by atoms with Crippen LogP contribution in [-0.4, -0.2) is 59.8 Å². The van der Waals surface area contributed by atoms with Crippen molar-refractivity contribution in [3.63, 3.8) is 0 Å². The topological polar surface area (TPSA) is 78.5 Å². The number of H-pyrrole nitrogens is 1. The van der Waals surface area contributed by atoms with E-state index in [-0.39, 0.29) is 24.2 Å². The van der Waals surface area contributed by atoms with E-state index in [2.05, 4.69) is 26.1 Å². The molecule has 24 heavy (non-hydrogen) atoms. The second kappa shape index (κ2) is 6.18. The summed E-state index contributed by atoms with van der Waals surface area (Å²) in [5, 5.41) is 8.12. The predicted molar refractivity (Wildman–Crippen MR) is 91.7 cm³/mol. The highest BCUT2D eigenvalue weighted by Crippen LogP contribution is 2.31. The molecule has 0 radical (unpaired) electrons. The Morgan fingerprint density at radius 2 is 2.12 bits per heavy atom. The first kappa shape index (κ1) is 15.6. The van der Waals surface area contributed by atoms with Crippen molar-refractivity contribution < 1.29 is 14.3 Å². The number of aromatic amines is 1. The van der Waals surface area contributed by atoms with Crippen molar-refractivity contribution in [2.45, 2.75) is 6.42 Å². The third kappa shape index (κ3) is 2.69. The molecule has 7 nitrogen and oxygen atoms in total. The molecule has 2 aliphatic rings. The molecule has 3 heterocycles. The molecular weight excluding hydrogens is 376 g/mol. The van der Waals surface area contributed by atoms with Crippen LogP contribution in [0.5, 0.6) is 0 Å². The number of fused-ring (bicyclic) bond motifs is 1. The van der Waals surface area contributed by atoms with Crippen LogP contribution >= 0.6 is 15.9 Å². The summed E-state index contributed by atoms with van der Waals surface area (Å²) in [4.78, 5) is 28.5. The molecule has 1 aromatic heterocycles. The van der Waals surface area contributed by atoms with Crippen molar-refractivity contribution in [1.82, 2.24) is 15.1 Å². The number of nitrogens with zero attached hydrogens (tertiary/aromatic N) is 3. The van der Waals surface area contributed by atoms with E-state index in [0.29, 0.717) is 38.7 Å². The lowest BCUT2D eigenvalue weighted by atomic mass is 10.1. The lowest BCUT2D eigenvalue weighted by molar-refractivity contribution is -0.139. The van der Waals surface area contributed by atoms with Crippen LogP contribution in [0.4, 0.5) is 5.82 Å². The second-order valence-corrected chi connectivity index (χ2v) is 7.00. The van der Waals surface area contributed by atoms with Gasteiger partial charge < -0.3 is 9.64 Å². The van der Waals surface area contributed by atoms with Gasteiger partial charge in [-0.2, -0.15) is 5.10 Å². The number of hydrogen-bond donors (Lipinski definition) is 1. The normalized spacial score (nSPS) is 21.7. The van der Waals surface area contributed by atoms with Gasteiger partial charge in [-0.25, -0.2) is 0 Å². The third-order valence-electron chi connectivity index (χ3n) is 4.56. The minimum absolute atomic E-state index is 0.0386. The van der Waals surface area contributed by atoms with Gasteiger partial charge in [0.1, 0.15) is 0 Å². The third-order valence-corrected chi connectivity index (χ3v) is 5.05. The van der Waals surface area contributed by atoms with Gasteiger partial charge in [-0.1, -0.05) is 15.9 Å². The minimum Gasteiger partial charge on any atom is -0.378 e. The van der Waals surface area contributed by atoms with E-state index < -0.39 is 0 Å². The van der Waals surface area contributed by atoms with Crippen LogP contribution in [0.25, 0.3) is 10.9 Å². The fraction of sp³-hybridized carbons (Fsp3) is 0.438. The smallest absolute Gasteiger partial charge is 0.229 e. The highest BCUT2D eigenvalue weighted by Gasteiger charge is 2.38. The molecule has 0 saturated carbocycles. The molecule has 2 aliphatic heterocycles. The van der Waals surface area contributed by atoms with E-state index in [4.69, 9.17) is 4.74 Å². The number of ether oxygens (including phenoxy) is 1. The summed E-state index contributed by atoms with van der Waals surface area (Å²) in [6, 6.07) is 5.75. The Kier molecular flexibility index (Phi) is 4.01. The molecule has 1 aromatic carbocycles. The van der Waals surface area contributed by atoms with Crippen molar-refractivity contribution in [2.75, 3.05) is 37.7 Å². The van der Waals surface area contributed by atoms with Crippen LogP contribution in [0.15, 0.2) is 22.7 Å². The summed E-state index contributed by atoms with van der Waals surface area (Å²) in [5.41, 5.74) is 0.857. The molecule has 1 atom stereocenters. The van der Waals surface area contributed by atoms with E-state index in [0.717, 1.165) is 15.4 Å². The van der Waals surface area contributed by atoms with Crippen molar-refractivity contribution in [2.24, 2.45) is 5.92 Å². The highest BCUT2D eigenvalue weighted by atomic mass is 79.9.